The number of carbonyl (C=O) groups is 2. The van der Waals surface area contributed by atoms with Gasteiger partial charge in [-0.2, -0.15) is 4.31 Å². The van der Waals surface area contributed by atoms with Gasteiger partial charge in [-0.25, -0.2) is 18.7 Å². The lowest BCUT2D eigenvalue weighted by molar-refractivity contribution is -0.133. The van der Waals surface area contributed by atoms with Crippen LogP contribution in [0, 0.1) is 0 Å². The summed E-state index contributed by atoms with van der Waals surface area (Å²) in [5.74, 6) is 0.403. The third kappa shape index (κ3) is 8.54. The molecule has 1 heterocycles. The van der Waals surface area contributed by atoms with Crippen molar-refractivity contribution in [2.75, 3.05) is 19.6 Å². The van der Waals surface area contributed by atoms with Gasteiger partial charge in [-0.1, -0.05) is 36.7 Å². The molecule has 1 N–H and O–H groups in total. The number of ether oxygens (including phenoxy) is 2. The van der Waals surface area contributed by atoms with Crippen LogP contribution in [0.2, 0.25) is 18.1 Å². The Hall–Kier alpha value is -2.45. The van der Waals surface area contributed by atoms with Gasteiger partial charge in [0.05, 0.1) is 4.90 Å². The highest BCUT2D eigenvalue weighted by Crippen LogP contribution is 2.36. The topological polar surface area (TPSA) is 114 Å². The smallest absolute Gasteiger partial charge is 0.410 e. The molecular formula is C28H40BrN3O7SSi. The van der Waals surface area contributed by atoms with Gasteiger partial charge < -0.3 is 18.9 Å². The van der Waals surface area contributed by atoms with Crippen molar-refractivity contribution in [3.63, 3.8) is 0 Å². The first kappa shape index (κ1) is 33.1. The molecule has 13 heteroatoms. The van der Waals surface area contributed by atoms with Crippen LogP contribution in [0.5, 0.6) is 11.5 Å². The quantitative estimate of drug-likeness (QED) is 0.288. The van der Waals surface area contributed by atoms with Crippen LogP contribution in [0.15, 0.2) is 57.9 Å². The lowest BCUT2D eigenvalue weighted by atomic mass is 10.2. The minimum absolute atomic E-state index is 0.00510. The molecule has 2 amide bonds. The number of rotatable bonds is 7. The Morgan fingerprint density at radius 3 is 1.98 bits per heavy atom. The maximum absolute atomic E-state index is 13.8. The average Bonchev–Trinajstić information content (AvgIpc) is 2.87. The lowest BCUT2D eigenvalue weighted by Crippen LogP contribution is -2.62. The number of nitrogens with zero attached hydrogens (tertiary/aromatic N) is 2. The van der Waals surface area contributed by atoms with E-state index in [9.17, 15) is 18.0 Å². The molecule has 0 aliphatic carbocycles. The minimum atomic E-state index is -4.13. The summed E-state index contributed by atoms with van der Waals surface area (Å²) in [4.78, 5) is 27.6. The molecule has 0 spiro atoms. The predicted octanol–water partition coefficient (Wildman–Crippen LogP) is 5.90. The first-order valence-corrected chi connectivity index (χ1v) is 18.5. The molecule has 1 saturated heterocycles. The summed E-state index contributed by atoms with van der Waals surface area (Å²) in [6.07, 6.45) is -0.618. The SMILES string of the molecule is CC(C)(C)OC(=O)N1CCN(S(=O)(=O)c2ccc(Oc3ccc(Br)cc3)cc2)C(C(=O)NO[Si](C)(C)C(C)(C)C)C1. The van der Waals surface area contributed by atoms with Gasteiger partial charge in [0, 0.05) is 24.1 Å². The summed E-state index contributed by atoms with van der Waals surface area (Å²) in [5, 5.41) is -0.193. The van der Waals surface area contributed by atoms with Gasteiger partial charge in [-0.05, 0) is 87.4 Å². The number of hydrogen-bond acceptors (Lipinski definition) is 7. The molecule has 41 heavy (non-hydrogen) atoms. The van der Waals surface area contributed by atoms with Crippen molar-refractivity contribution in [1.82, 2.24) is 14.7 Å². The van der Waals surface area contributed by atoms with Crippen molar-refractivity contribution >= 4 is 46.3 Å². The Morgan fingerprint density at radius 2 is 1.46 bits per heavy atom. The molecule has 0 radical (unpaired) electrons. The molecule has 1 fully saturated rings. The first-order chi connectivity index (χ1) is 18.8. The summed E-state index contributed by atoms with van der Waals surface area (Å²) in [5.41, 5.74) is 1.77. The van der Waals surface area contributed by atoms with Crippen LogP contribution in [-0.2, 0) is 24.1 Å². The molecule has 0 saturated carbocycles. The molecule has 2 aromatic carbocycles. The van der Waals surface area contributed by atoms with Gasteiger partial charge >= 0.3 is 6.09 Å². The number of benzene rings is 2. The van der Waals surface area contributed by atoms with Gasteiger partial charge in [0.2, 0.25) is 18.3 Å². The lowest BCUT2D eigenvalue weighted by Gasteiger charge is -2.41. The second-order valence-electron chi connectivity index (χ2n) is 12.4. The number of carbonyl (C=O) groups excluding carboxylic acids is 2. The summed E-state index contributed by atoms with van der Waals surface area (Å²) in [6.45, 7) is 15.0. The number of nitrogens with one attached hydrogen (secondary N) is 1. The maximum Gasteiger partial charge on any atom is 0.410 e. The summed E-state index contributed by atoms with van der Waals surface area (Å²) in [6, 6.07) is 12.0. The van der Waals surface area contributed by atoms with Gasteiger partial charge in [-0.3, -0.25) is 4.79 Å². The normalized spacial score (nSPS) is 17.2. The van der Waals surface area contributed by atoms with Crippen LogP contribution >= 0.6 is 15.9 Å². The summed E-state index contributed by atoms with van der Waals surface area (Å²) in [7, 11) is -6.53. The van der Waals surface area contributed by atoms with Crippen molar-refractivity contribution in [3.8, 4) is 11.5 Å². The van der Waals surface area contributed by atoms with Crippen LogP contribution in [0.4, 0.5) is 4.79 Å². The molecule has 3 rings (SSSR count). The Bertz CT molecular complexity index is 1340. The van der Waals surface area contributed by atoms with E-state index >= 15 is 0 Å². The third-order valence-corrected chi connectivity index (χ3v) is 13.7. The van der Waals surface area contributed by atoms with E-state index in [-0.39, 0.29) is 29.6 Å². The number of piperazine rings is 1. The highest BCUT2D eigenvalue weighted by Gasteiger charge is 2.44. The third-order valence-electron chi connectivity index (χ3n) is 6.98. The Morgan fingerprint density at radius 1 is 0.927 bits per heavy atom. The average molecular weight is 671 g/mol. The van der Waals surface area contributed by atoms with E-state index in [1.165, 1.54) is 17.0 Å². The number of hydroxylamine groups is 1. The number of amides is 2. The fourth-order valence-corrected chi connectivity index (χ4v) is 6.11. The predicted molar refractivity (Wildman–Crippen MR) is 163 cm³/mol. The zero-order valence-corrected chi connectivity index (χ0v) is 28.3. The zero-order valence-electron chi connectivity index (χ0n) is 24.9. The molecule has 1 atom stereocenters. The van der Waals surface area contributed by atoms with Gasteiger partial charge in [-0.15, -0.1) is 0 Å². The summed E-state index contributed by atoms with van der Waals surface area (Å²) < 4.78 is 46.8. The molecule has 1 aliphatic rings. The maximum atomic E-state index is 13.8. The van der Waals surface area contributed by atoms with E-state index in [0.717, 1.165) is 8.78 Å². The first-order valence-electron chi connectivity index (χ1n) is 13.3. The second kappa shape index (κ2) is 12.4. The highest BCUT2D eigenvalue weighted by atomic mass is 79.9. The Labute approximate surface area is 252 Å². The monoisotopic (exact) mass is 669 g/mol. The molecule has 10 nitrogen and oxygen atoms in total. The molecule has 226 valence electrons. The van der Waals surface area contributed by atoms with Gasteiger partial charge in [0.15, 0.2) is 0 Å². The van der Waals surface area contributed by atoms with Crippen LogP contribution < -0.4 is 10.2 Å². The molecule has 1 aliphatic heterocycles. The number of hydrogen-bond donors (Lipinski definition) is 1. The molecular weight excluding hydrogens is 630 g/mol. The van der Waals surface area contributed by atoms with E-state index in [1.54, 1.807) is 45.0 Å². The van der Waals surface area contributed by atoms with E-state index in [1.807, 2.05) is 46.0 Å². The number of sulfonamides is 1. The molecule has 0 aromatic heterocycles. The van der Waals surface area contributed by atoms with Crippen LogP contribution in [-0.4, -0.2) is 69.2 Å². The molecule has 1 unspecified atom stereocenters. The van der Waals surface area contributed by atoms with Crippen LogP contribution in [0.3, 0.4) is 0 Å². The molecule has 2 aromatic rings. The Balaban J connectivity index is 1.85. The van der Waals surface area contributed by atoms with Gasteiger partial charge in [0.25, 0.3) is 5.91 Å². The van der Waals surface area contributed by atoms with E-state index < -0.39 is 42.0 Å². The van der Waals surface area contributed by atoms with Crippen LogP contribution in [0.25, 0.3) is 0 Å². The Kier molecular flexibility index (Phi) is 10.0. The van der Waals surface area contributed by atoms with E-state index in [4.69, 9.17) is 14.0 Å². The highest BCUT2D eigenvalue weighted by molar-refractivity contribution is 9.10. The van der Waals surface area contributed by atoms with E-state index in [2.05, 4.69) is 21.4 Å². The second-order valence-corrected chi connectivity index (χ2v) is 19.9. The number of halogens is 1. The van der Waals surface area contributed by atoms with Crippen molar-refractivity contribution in [1.29, 1.82) is 0 Å². The fourth-order valence-electron chi connectivity index (χ4n) is 3.61. The minimum Gasteiger partial charge on any atom is -0.457 e. The van der Waals surface area contributed by atoms with Crippen molar-refractivity contribution in [2.45, 2.75) is 76.2 Å². The van der Waals surface area contributed by atoms with Crippen molar-refractivity contribution in [3.05, 3.63) is 53.0 Å². The van der Waals surface area contributed by atoms with Crippen molar-refractivity contribution in [2.24, 2.45) is 0 Å². The summed E-state index contributed by atoms with van der Waals surface area (Å²) >= 11 is 3.38. The fraction of sp³-hybridized carbons (Fsp3) is 0.500. The zero-order chi connectivity index (χ0) is 30.8. The molecule has 0 bridgehead atoms. The standard InChI is InChI=1S/C28H40BrN3O7SSi/c1-27(2,3)38-26(34)31-17-18-32(24(19-31)25(33)30-39-41(7,8)28(4,5)6)40(35,36)23-15-13-22(14-16-23)37-21-11-9-20(29)10-12-21/h9-16,24H,17-19H2,1-8H3,(H,30,33). The van der Waals surface area contributed by atoms with Crippen molar-refractivity contribution < 1.29 is 32.0 Å². The van der Waals surface area contributed by atoms with Crippen LogP contribution in [0.1, 0.15) is 41.5 Å². The largest absolute Gasteiger partial charge is 0.457 e. The van der Waals surface area contributed by atoms with E-state index in [0.29, 0.717) is 11.5 Å². The van der Waals surface area contributed by atoms with Gasteiger partial charge in [0.1, 0.15) is 23.1 Å².